The lowest BCUT2D eigenvalue weighted by atomic mass is 10.0. The topological polar surface area (TPSA) is 76.7 Å². The van der Waals surface area contributed by atoms with Crippen LogP contribution in [0.15, 0.2) is 48.5 Å². The number of carbonyl (C=O) groups is 2. The van der Waals surface area contributed by atoms with E-state index < -0.39 is 5.41 Å². The molecule has 1 fully saturated rings. The second kappa shape index (κ2) is 6.84. The lowest BCUT2D eigenvalue weighted by Gasteiger charge is -2.16. The Hall–Kier alpha value is -3.02. The summed E-state index contributed by atoms with van der Waals surface area (Å²) in [5, 5.41) is 5.61. The zero-order chi connectivity index (χ0) is 17.9. The van der Waals surface area contributed by atoms with Gasteiger partial charge in [0.15, 0.2) is 0 Å². The molecule has 0 aromatic heterocycles. The van der Waals surface area contributed by atoms with Crippen LogP contribution in [0.25, 0.3) is 0 Å². The minimum absolute atomic E-state index is 0.293. The Morgan fingerprint density at radius 2 is 1.44 bits per heavy atom. The molecule has 2 aromatic rings. The summed E-state index contributed by atoms with van der Waals surface area (Å²) in [5.74, 6) is 0.755. The Bertz CT molecular complexity index is 782. The van der Waals surface area contributed by atoms with Crippen LogP contribution >= 0.6 is 0 Å². The highest BCUT2D eigenvalue weighted by molar-refractivity contribution is 6.16. The van der Waals surface area contributed by atoms with Crippen molar-refractivity contribution in [1.82, 2.24) is 0 Å². The zero-order valence-electron chi connectivity index (χ0n) is 14.2. The van der Waals surface area contributed by atoms with E-state index in [4.69, 9.17) is 9.47 Å². The molecule has 0 unspecified atom stereocenters. The number of anilines is 2. The molecule has 0 atom stereocenters. The Morgan fingerprint density at radius 1 is 0.840 bits per heavy atom. The van der Waals surface area contributed by atoms with Crippen LogP contribution < -0.4 is 20.1 Å². The molecule has 1 aliphatic carbocycles. The van der Waals surface area contributed by atoms with E-state index in [-0.39, 0.29) is 11.8 Å². The summed E-state index contributed by atoms with van der Waals surface area (Å²) >= 11 is 0. The molecule has 1 aliphatic rings. The molecule has 0 heterocycles. The van der Waals surface area contributed by atoms with Crippen molar-refractivity contribution >= 4 is 23.2 Å². The molecule has 0 aliphatic heterocycles. The first kappa shape index (κ1) is 16.8. The van der Waals surface area contributed by atoms with E-state index in [2.05, 4.69) is 10.6 Å². The number of methoxy groups -OCH3 is 2. The molecule has 0 bridgehead atoms. The molecule has 0 radical (unpaired) electrons. The minimum atomic E-state index is -1.01. The van der Waals surface area contributed by atoms with Gasteiger partial charge in [0.25, 0.3) is 0 Å². The summed E-state index contributed by atoms with van der Waals surface area (Å²) in [4.78, 5) is 25.2. The van der Waals surface area contributed by atoms with Crippen molar-refractivity contribution in [2.24, 2.45) is 5.41 Å². The first-order chi connectivity index (χ1) is 12.1. The summed E-state index contributed by atoms with van der Waals surface area (Å²) in [6.07, 6.45) is 1.07. The number of benzene rings is 2. The average Bonchev–Trinajstić information content (AvgIpc) is 3.44. The first-order valence-electron chi connectivity index (χ1n) is 7.98. The smallest absolute Gasteiger partial charge is 0.240 e. The molecule has 3 rings (SSSR count). The number of amides is 2. The van der Waals surface area contributed by atoms with Gasteiger partial charge in [-0.15, -0.1) is 0 Å². The van der Waals surface area contributed by atoms with Crippen LogP contribution in [-0.2, 0) is 9.59 Å². The molecular weight excluding hydrogens is 320 g/mol. The summed E-state index contributed by atoms with van der Waals surface area (Å²) < 4.78 is 10.2. The SMILES string of the molecule is COc1ccc(NC(=O)C2(C(=O)Nc3cccc(OC)c3)CC2)cc1. The van der Waals surface area contributed by atoms with Crippen molar-refractivity contribution in [2.45, 2.75) is 12.8 Å². The van der Waals surface area contributed by atoms with Gasteiger partial charge < -0.3 is 20.1 Å². The van der Waals surface area contributed by atoms with E-state index in [1.807, 2.05) is 0 Å². The molecule has 25 heavy (non-hydrogen) atoms. The lowest BCUT2D eigenvalue weighted by Crippen LogP contribution is -2.35. The van der Waals surface area contributed by atoms with Gasteiger partial charge in [-0.25, -0.2) is 0 Å². The Balaban J connectivity index is 1.67. The number of hydrogen-bond acceptors (Lipinski definition) is 4. The van der Waals surface area contributed by atoms with Gasteiger partial charge >= 0.3 is 0 Å². The van der Waals surface area contributed by atoms with Crippen LogP contribution in [-0.4, -0.2) is 26.0 Å². The Labute approximate surface area is 146 Å². The third-order valence-electron chi connectivity index (χ3n) is 4.29. The standard InChI is InChI=1S/C19H20N2O4/c1-24-15-8-6-13(7-9-15)20-17(22)19(10-11-19)18(23)21-14-4-3-5-16(12-14)25-2/h3-9,12H,10-11H2,1-2H3,(H,20,22)(H,21,23). The predicted molar refractivity (Wildman–Crippen MR) is 94.9 cm³/mol. The van der Waals surface area contributed by atoms with E-state index in [9.17, 15) is 9.59 Å². The third-order valence-corrected chi connectivity index (χ3v) is 4.29. The molecule has 6 nitrogen and oxygen atoms in total. The molecule has 2 aromatic carbocycles. The van der Waals surface area contributed by atoms with Crippen molar-refractivity contribution in [3.8, 4) is 11.5 Å². The number of ether oxygens (including phenoxy) is 2. The summed E-state index contributed by atoms with van der Waals surface area (Å²) in [6, 6.07) is 14.0. The molecule has 1 saturated carbocycles. The largest absolute Gasteiger partial charge is 0.497 e. The highest BCUT2D eigenvalue weighted by atomic mass is 16.5. The van der Waals surface area contributed by atoms with Crippen LogP contribution in [0, 0.1) is 5.41 Å². The normalized spacial score (nSPS) is 14.3. The minimum Gasteiger partial charge on any atom is -0.497 e. The summed E-state index contributed by atoms with van der Waals surface area (Å²) in [5.41, 5.74) is 0.224. The van der Waals surface area contributed by atoms with Crippen LogP contribution in [0.1, 0.15) is 12.8 Å². The molecule has 6 heteroatoms. The van der Waals surface area contributed by atoms with Gasteiger partial charge in [-0.3, -0.25) is 9.59 Å². The zero-order valence-corrected chi connectivity index (χ0v) is 14.2. The van der Waals surface area contributed by atoms with E-state index >= 15 is 0 Å². The molecule has 0 saturated heterocycles. The van der Waals surface area contributed by atoms with Gasteiger partial charge in [0.2, 0.25) is 11.8 Å². The molecule has 0 spiro atoms. The maximum atomic E-state index is 12.6. The Kier molecular flexibility index (Phi) is 4.61. The van der Waals surface area contributed by atoms with Crippen molar-refractivity contribution in [1.29, 1.82) is 0 Å². The van der Waals surface area contributed by atoms with E-state index in [1.54, 1.807) is 62.8 Å². The Morgan fingerprint density at radius 3 is 2.00 bits per heavy atom. The fraction of sp³-hybridized carbons (Fsp3) is 0.263. The molecule has 2 N–H and O–H groups in total. The number of nitrogens with one attached hydrogen (secondary N) is 2. The first-order valence-corrected chi connectivity index (χ1v) is 7.98. The van der Waals surface area contributed by atoms with Crippen molar-refractivity contribution in [2.75, 3.05) is 24.9 Å². The van der Waals surface area contributed by atoms with Gasteiger partial charge in [0.1, 0.15) is 16.9 Å². The highest BCUT2D eigenvalue weighted by Gasteiger charge is 2.56. The van der Waals surface area contributed by atoms with E-state index in [0.717, 1.165) is 0 Å². The van der Waals surface area contributed by atoms with E-state index in [1.165, 1.54) is 0 Å². The van der Waals surface area contributed by atoms with Crippen molar-refractivity contribution in [3.63, 3.8) is 0 Å². The third kappa shape index (κ3) is 3.57. The second-order valence-electron chi connectivity index (χ2n) is 5.95. The lowest BCUT2D eigenvalue weighted by molar-refractivity contribution is -0.131. The molecule has 130 valence electrons. The van der Waals surface area contributed by atoms with Crippen LogP contribution in [0.3, 0.4) is 0 Å². The average molecular weight is 340 g/mol. The second-order valence-corrected chi connectivity index (χ2v) is 5.95. The summed E-state index contributed by atoms with van der Waals surface area (Å²) in [6.45, 7) is 0. The molecule has 2 amide bonds. The van der Waals surface area contributed by atoms with Gasteiger partial charge in [0, 0.05) is 17.4 Å². The fourth-order valence-corrected chi connectivity index (χ4v) is 2.56. The predicted octanol–water partition coefficient (Wildman–Crippen LogP) is 3.06. The monoisotopic (exact) mass is 340 g/mol. The van der Waals surface area contributed by atoms with E-state index in [0.29, 0.717) is 35.7 Å². The van der Waals surface area contributed by atoms with Gasteiger partial charge in [-0.1, -0.05) is 6.07 Å². The quantitative estimate of drug-likeness (QED) is 0.793. The van der Waals surface area contributed by atoms with Gasteiger partial charge in [-0.2, -0.15) is 0 Å². The van der Waals surface area contributed by atoms with Crippen LogP contribution in [0.4, 0.5) is 11.4 Å². The van der Waals surface area contributed by atoms with Crippen LogP contribution in [0.5, 0.6) is 11.5 Å². The van der Waals surface area contributed by atoms with Gasteiger partial charge in [0.05, 0.1) is 14.2 Å². The maximum Gasteiger partial charge on any atom is 0.240 e. The highest BCUT2D eigenvalue weighted by Crippen LogP contribution is 2.47. The number of rotatable bonds is 6. The van der Waals surface area contributed by atoms with Crippen LogP contribution in [0.2, 0.25) is 0 Å². The summed E-state index contributed by atoms with van der Waals surface area (Å²) in [7, 11) is 3.14. The number of carbonyl (C=O) groups excluding carboxylic acids is 2. The van der Waals surface area contributed by atoms with Gasteiger partial charge in [-0.05, 0) is 49.2 Å². The van der Waals surface area contributed by atoms with Crippen molar-refractivity contribution in [3.05, 3.63) is 48.5 Å². The fourth-order valence-electron chi connectivity index (χ4n) is 2.56. The maximum absolute atomic E-state index is 12.6. The number of hydrogen-bond donors (Lipinski definition) is 2. The van der Waals surface area contributed by atoms with Crippen molar-refractivity contribution < 1.29 is 19.1 Å². The molecular formula is C19H20N2O4.